The summed E-state index contributed by atoms with van der Waals surface area (Å²) in [5.41, 5.74) is 1.49. The molecule has 1 atom stereocenters. The second kappa shape index (κ2) is 10.8. The van der Waals surface area contributed by atoms with Gasteiger partial charge in [-0.3, -0.25) is 4.90 Å². The van der Waals surface area contributed by atoms with E-state index in [4.69, 9.17) is 9.47 Å². The van der Waals surface area contributed by atoms with E-state index in [1.54, 1.807) is 12.1 Å². The van der Waals surface area contributed by atoms with Crippen LogP contribution in [0.15, 0.2) is 60.7 Å². The number of esters is 1. The summed E-state index contributed by atoms with van der Waals surface area (Å²) in [5.74, 6) is -0.449. The fraction of sp³-hybridized carbons (Fsp3) is 0.300. The van der Waals surface area contributed by atoms with Crippen LogP contribution < -0.4 is 4.90 Å². The molecule has 0 spiro atoms. The number of amides is 1. The van der Waals surface area contributed by atoms with Crippen LogP contribution in [0.3, 0.4) is 0 Å². The van der Waals surface area contributed by atoms with Crippen molar-refractivity contribution in [3.63, 3.8) is 0 Å². The standard InChI is InChI=1S/C20H22INO4/c1-25-19(23)18(13-8-14-21)22(17-11-6-3-7-12-17)20(24)26-15-16-9-4-2-5-10-16/h2-7,9-12,18H,8,13-15H2,1H3/t18-/m1/s1. The second-order valence-electron chi connectivity index (χ2n) is 5.62. The van der Waals surface area contributed by atoms with Crippen molar-refractivity contribution in [2.24, 2.45) is 0 Å². The molecule has 0 radical (unpaired) electrons. The highest BCUT2D eigenvalue weighted by Gasteiger charge is 2.32. The molecule has 0 aliphatic rings. The van der Waals surface area contributed by atoms with E-state index in [1.165, 1.54) is 12.0 Å². The monoisotopic (exact) mass is 467 g/mol. The van der Waals surface area contributed by atoms with Gasteiger partial charge in [-0.25, -0.2) is 9.59 Å². The largest absolute Gasteiger partial charge is 0.467 e. The maximum Gasteiger partial charge on any atom is 0.415 e. The van der Waals surface area contributed by atoms with Crippen LogP contribution in [0.25, 0.3) is 0 Å². The van der Waals surface area contributed by atoms with Gasteiger partial charge in [0.25, 0.3) is 0 Å². The Labute approximate surface area is 167 Å². The number of nitrogens with zero attached hydrogens (tertiary/aromatic N) is 1. The van der Waals surface area contributed by atoms with Crippen molar-refractivity contribution in [1.29, 1.82) is 0 Å². The zero-order valence-corrected chi connectivity index (χ0v) is 16.8. The molecule has 2 rings (SSSR count). The van der Waals surface area contributed by atoms with Crippen molar-refractivity contribution in [1.82, 2.24) is 0 Å². The number of carbonyl (C=O) groups is 2. The van der Waals surface area contributed by atoms with Gasteiger partial charge in [0.15, 0.2) is 0 Å². The van der Waals surface area contributed by atoms with Gasteiger partial charge in [0, 0.05) is 5.69 Å². The maximum atomic E-state index is 12.8. The number of benzene rings is 2. The number of carbonyl (C=O) groups excluding carboxylic acids is 2. The fourth-order valence-electron chi connectivity index (χ4n) is 2.55. The van der Waals surface area contributed by atoms with Crippen LogP contribution in [0.5, 0.6) is 0 Å². The summed E-state index contributed by atoms with van der Waals surface area (Å²) in [6.07, 6.45) is 0.726. The molecule has 6 heteroatoms. The van der Waals surface area contributed by atoms with Crippen LogP contribution in [0.1, 0.15) is 18.4 Å². The van der Waals surface area contributed by atoms with Gasteiger partial charge in [-0.15, -0.1) is 0 Å². The van der Waals surface area contributed by atoms with Crippen molar-refractivity contribution < 1.29 is 19.1 Å². The van der Waals surface area contributed by atoms with E-state index in [2.05, 4.69) is 22.6 Å². The minimum atomic E-state index is -0.722. The lowest BCUT2D eigenvalue weighted by atomic mass is 10.1. The maximum absolute atomic E-state index is 12.8. The minimum absolute atomic E-state index is 0.142. The highest BCUT2D eigenvalue weighted by molar-refractivity contribution is 14.1. The van der Waals surface area contributed by atoms with Gasteiger partial charge < -0.3 is 9.47 Å². The van der Waals surface area contributed by atoms with Crippen LogP contribution in [-0.4, -0.2) is 29.6 Å². The lowest BCUT2D eigenvalue weighted by Crippen LogP contribution is -2.46. The molecule has 2 aromatic carbocycles. The average molecular weight is 467 g/mol. The highest BCUT2D eigenvalue weighted by Crippen LogP contribution is 2.22. The number of alkyl halides is 1. The molecular weight excluding hydrogens is 445 g/mol. The SMILES string of the molecule is COC(=O)[C@@H](CCCI)N(C(=O)OCc1ccccc1)c1ccccc1. The Morgan fingerprint density at radius 1 is 1.04 bits per heavy atom. The molecule has 1 amide bonds. The third kappa shape index (κ3) is 5.72. The van der Waals surface area contributed by atoms with E-state index >= 15 is 0 Å². The number of hydrogen-bond donors (Lipinski definition) is 0. The molecule has 0 aliphatic carbocycles. The van der Waals surface area contributed by atoms with Gasteiger partial charge in [0.05, 0.1) is 7.11 Å². The molecular formula is C20H22INO4. The van der Waals surface area contributed by atoms with Gasteiger partial charge in [-0.2, -0.15) is 0 Å². The Morgan fingerprint density at radius 3 is 2.23 bits per heavy atom. The lowest BCUT2D eigenvalue weighted by molar-refractivity contribution is -0.142. The molecule has 26 heavy (non-hydrogen) atoms. The Bertz CT molecular complexity index is 693. The molecule has 5 nitrogen and oxygen atoms in total. The van der Waals surface area contributed by atoms with E-state index in [-0.39, 0.29) is 6.61 Å². The van der Waals surface area contributed by atoms with E-state index in [9.17, 15) is 9.59 Å². The molecule has 0 N–H and O–H groups in total. The third-order valence-corrected chi connectivity index (χ3v) is 4.60. The first-order valence-electron chi connectivity index (χ1n) is 8.36. The molecule has 0 saturated carbocycles. The summed E-state index contributed by atoms with van der Waals surface area (Å²) in [7, 11) is 1.33. The van der Waals surface area contributed by atoms with Crippen LogP contribution in [0.2, 0.25) is 0 Å². The zero-order valence-electron chi connectivity index (χ0n) is 14.6. The Balaban J connectivity index is 2.24. The Morgan fingerprint density at radius 2 is 1.65 bits per heavy atom. The Kier molecular flexibility index (Phi) is 8.40. The minimum Gasteiger partial charge on any atom is -0.467 e. The van der Waals surface area contributed by atoms with Gasteiger partial charge in [0.2, 0.25) is 0 Å². The fourth-order valence-corrected chi connectivity index (χ4v) is 2.99. The quantitative estimate of drug-likeness (QED) is 0.324. The van der Waals surface area contributed by atoms with Gasteiger partial charge in [0.1, 0.15) is 12.6 Å². The molecule has 138 valence electrons. The van der Waals surface area contributed by atoms with Crippen molar-refractivity contribution >= 4 is 40.3 Å². The first-order chi connectivity index (χ1) is 12.7. The number of ether oxygens (including phenoxy) is 2. The van der Waals surface area contributed by atoms with Crippen molar-refractivity contribution in [2.75, 3.05) is 16.4 Å². The summed E-state index contributed by atoms with van der Waals surface area (Å²) in [6.45, 7) is 0.142. The van der Waals surface area contributed by atoms with Crippen LogP contribution in [0.4, 0.5) is 10.5 Å². The van der Waals surface area contributed by atoms with E-state index in [0.717, 1.165) is 16.4 Å². The predicted octanol–water partition coefficient (Wildman–Crippen LogP) is 4.59. The molecule has 0 saturated heterocycles. The summed E-state index contributed by atoms with van der Waals surface area (Å²) < 4.78 is 11.3. The van der Waals surface area contributed by atoms with Gasteiger partial charge in [-0.05, 0) is 35.0 Å². The summed E-state index contributed by atoms with van der Waals surface area (Å²) in [4.78, 5) is 26.6. The average Bonchev–Trinajstić information content (AvgIpc) is 2.70. The molecule has 2 aromatic rings. The summed E-state index contributed by atoms with van der Waals surface area (Å²) >= 11 is 2.25. The summed E-state index contributed by atoms with van der Waals surface area (Å²) in [5, 5.41) is 0. The van der Waals surface area contributed by atoms with Crippen molar-refractivity contribution in [2.45, 2.75) is 25.5 Å². The number of halogens is 1. The normalized spacial score (nSPS) is 11.5. The predicted molar refractivity (Wildman–Crippen MR) is 109 cm³/mol. The third-order valence-electron chi connectivity index (χ3n) is 3.83. The van der Waals surface area contributed by atoms with Gasteiger partial charge >= 0.3 is 12.1 Å². The molecule has 0 heterocycles. The van der Waals surface area contributed by atoms with Crippen molar-refractivity contribution in [3.05, 3.63) is 66.2 Å². The smallest absolute Gasteiger partial charge is 0.415 e. The van der Waals surface area contributed by atoms with Crippen molar-refractivity contribution in [3.8, 4) is 0 Å². The number of anilines is 1. The number of methoxy groups -OCH3 is 1. The Hall–Kier alpha value is -2.09. The first kappa shape index (κ1) is 20.2. The topological polar surface area (TPSA) is 55.8 Å². The van der Waals surface area contributed by atoms with Crippen LogP contribution >= 0.6 is 22.6 Å². The number of para-hydroxylation sites is 1. The number of rotatable bonds is 8. The lowest BCUT2D eigenvalue weighted by Gasteiger charge is -2.29. The number of hydrogen-bond acceptors (Lipinski definition) is 4. The van der Waals surface area contributed by atoms with E-state index in [0.29, 0.717) is 12.1 Å². The van der Waals surface area contributed by atoms with Crippen LogP contribution in [0, 0.1) is 0 Å². The molecule has 0 bridgehead atoms. The highest BCUT2D eigenvalue weighted by atomic mass is 127. The zero-order chi connectivity index (χ0) is 18.8. The molecule has 0 unspecified atom stereocenters. The second-order valence-corrected chi connectivity index (χ2v) is 6.69. The molecule has 0 aliphatic heterocycles. The van der Waals surface area contributed by atoms with E-state index in [1.807, 2.05) is 48.5 Å². The molecule has 0 aromatic heterocycles. The van der Waals surface area contributed by atoms with Gasteiger partial charge in [-0.1, -0.05) is 71.1 Å². The molecule has 0 fully saturated rings. The van der Waals surface area contributed by atoms with E-state index < -0.39 is 18.1 Å². The first-order valence-corrected chi connectivity index (χ1v) is 9.88. The van der Waals surface area contributed by atoms with Crippen LogP contribution in [-0.2, 0) is 20.9 Å². The summed E-state index contributed by atoms with van der Waals surface area (Å²) in [6, 6.07) is 17.8.